The Kier molecular flexibility index (Phi) is 4.73. The average Bonchev–Trinajstić information content (AvgIpc) is 2.71. The molecule has 0 aromatic carbocycles. The van der Waals surface area contributed by atoms with Gasteiger partial charge in [0.1, 0.15) is 11.2 Å². The first kappa shape index (κ1) is 17.7. The number of hydrogen-bond acceptors (Lipinski definition) is 5. The van der Waals surface area contributed by atoms with Crippen LogP contribution < -0.4 is 5.32 Å². The Morgan fingerprint density at radius 3 is 2.61 bits per heavy atom. The van der Waals surface area contributed by atoms with Crippen molar-refractivity contribution in [3.8, 4) is 0 Å². The highest BCUT2D eigenvalue weighted by atomic mass is 16.6. The second kappa shape index (κ2) is 6.13. The van der Waals surface area contributed by atoms with Gasteiger partial charge in [-0.3, -0.25) is 4.68 Å². The summed E-state index contributed by atoms with van der Waals surface area (Å²) in [5.74, 6) is 0. The topological polar surface area (TPSA) is 79.6 Å². The van der Waals surface area contributed by atoms with Crippen molar-refractivity contribution in [3.63, 3.8) is 0 Å². The highest BCUT2D eigenvalue weighted by Crippen LogP contribution is 2.24. The molecule has 7 nitrogen and oxygen atoms in total. The van der Waals surface area contributed by atoms with E-state index in [-0.39, 0.29) is 25.2 Å². The first-order chi connectivity index (χ1) is 10.5. The monoisotopic (exact) mass is 324 g/mol. The lowest BCUT2D eigenvalue weighted by atomic mass is 9.94. The zero-order valence-corrected chi connectivity index (χ0v) is 14.9. The Bertz CT molecular complexity index is 551. The smallest absolute Gasteiger partial charge is 0.410 e. The van der Waals surface area contributed by atoms with Crippen LogP contribution in [-0.4, -0.2) is 56.7 Å². The number of hydrogen-bond donors (Lipinski definition) is 2. The van der Waals surface area contributed by atoms with Crippen LogP contribution in [0.25, 0.3) is 0 Å². The van der Waals surface area contributed by atoms with Crippen LogP contribution in [0.4, 0.5) is 4.79 Å². The van der Waals surface area contributed by atoms with E-state index in [9.17, 15) is 9.90 Å². The maximum atomic E-state index is 11.9. The molecule has 130 valence electrons. The van der Waals surface area contributed by atoms with Crippen molar-refractivity contribution in [2.24, 2.45) is 7.05 Å². The Hall–Kier alpha value is -1.60. The highest BCUT2D eigenvalue weighted by Gasteiger charge is 2.45. The molecule has 1 atom stereocenters. The second-order valence-corrected chi connectivity index (χ2v) is 7.50. The fraction of sp³-hybridized carbons (Fsp3) is 0.750. The van der Waals surface area contributed by atoms with E-state index in [0.717, 1.165) is 11.4 Å². The third-order valence-corrected chi connectivity index (χ3v) is 3.94. The fourth-order valence-corrected chi connectivity index (χ4v) is 2.48. The van der Waals surface area contributed by atoms with E-state index in [2.05, 4.69) is 10.4 Å². The third-order valence-electron chi connectivity index (χ3n) is 3.94. The predicted molar refractivity (Wildman–Crippen MR) is 87.1 cm³/mol. The molecule has 1 aromatic rings. The molecule has 7 heteroatoms. The summed E-state index contributed by atoms with van der Waals surface area (Å²) >= 11 is 0. The van der Waals surface area contributed by atoms with E-state index < -0.39 is 11.2 Å². The van der Waals surface area contributed by atoms with Gasteiger partial charge in [-0.15, -0.1) is 0 Å². The number of rotatable bonds is 4. The number of ether oxygens (including phenoxy) is 1. The number of carbonyl (C=O) groups is 1. The summed E-state index contributed by atoms with van der Waals surface area (Å²) in [7, 11) is 1.91. The number of likely N-dealkylation sites (tertiary alicyclic amines) is 1. The van der Waals surface area contributed by atoms with E-state index in [4.69, 9.17) is 4.74 Å². The molecule has 1 saturated heterocycles. The zero-order chi connectivity index (χ0) is 17.4. The molecule has 0 bridgehead atoms. The van der Waals surface area contributed by atoms with Crippen molar-refractivity contribution in [2.45, 2.75) is 51.9 Å². The molecule has 1 amide bonds. The van der Waals surface area contributed by atoms with Crippen LogP contribution in [0.3, 0.4) is 0 Å². The molecule has 1 fully saturated rings. The lowest BCUT2D eigenvalue weighted by molar-refractivity contribution is -0.0969. The molecular weight excluding hydrogens is 296 g/mol. The molecule has 2 N–H and O–H groups in total. The summed E-state index contributed by atoms with van der Waals surface area (Å²) in [5.41, 5.74) is 0.604. The molecule has 23 heavy (non-hydrogen) atoms. The van der Waals surface area contributed by atoms with Gasteiger partial charge in [-0.2, -0.15) is 5.10 Å². The van der Waals surface area contributed by atoms with Crippen LogP contribution in [-0.2, 0) is 11.8 Å². The summed E-state index contributed by atoms with van der Waals surface area (Å²) in [5, 5.41) is 18.2. The van der Waals surface area contributed by atoms with Crippen molar-refractivity contribution < 1.29 is 14.6 Å². The van der Waals surface area contributed by atoms with E-state index >= 15 is 0 Å². The maximum absolute atomic E-state index is 11.9. The number of carbonyl (C=O) groups excluding carboxylic acids is 1. The van der Waals surface area contributed by atoms with Crippen LogP contribution in [0.15, 0.2) is 6.07 Å². The number of nitrogens with zero attached hydrogens (tertiary/aromatic N) is 3. The third kappa shape index (κ3) is 4.45. The minimum atomic E-state index is -0.908. The summed E-state index contributed by atoms with van der Waals surface area (Å²) in [6, 6.07) is 2.06. The van der Waals surface area contributed by atoms with Gasteiger partial charge in [-0.25, -0.2) is 4.79 Å². The summed E-state index contributed by atoms with van der Waals surface area (Å²) < 4.78 is 7.12. The first-order valence-electron chi connectivity index (χ1n) is 7.93. The molecule has 0 spiro atoms. The van der Waals surface area contributed by atoms with Gasteiger partial charge in [0.05, 0.1) is 18.8 Å². The quantitative estimate of drug-likeness (QED) is 0.874. The highest BCUT2D eigenvalue weighted by molar-refractivity contribution is 5.69. The van der Waals surface area contributed by atoms with Crippen molar-refractivity contribution in [1.29, 1.82) is 0 Å². The van der Waals surface area contributed by atoms with Gasteiger partial charge in [0, 0.05) is 25.3 Å². The summed E-state index contributed by atoms with van der Waals surface area (Å²) in [6.07, 6.45) is -0.379. The van der Waals surface area contributed by atoms with Crippen molar-refractivity contribution in [2.75, 3.05) is 19.6 Å². The van der Waals surface area contributed by atoms with Gasteiger partial charge in [-0.05, 0) is 40.7 Å². The lowest BCUT2D eigenvalue weighted by Gasteiger charge is -2.46. The van der Waals surface area contributed by atoms with Gasteiger partial charge in [-0.1, -0.05) is 0 Å². The molecule has 1 aliphatic heterocycles. The van der Waals surface area contributed by atoms with Gasteiger partial charge < -0.3 is 20.1 Å². The SMILES string of the molecule is Cc1cc(C(C)NCC2(O)CN(C(=O)OC(C)(C)C)C2)nn1C. The Labute approximate surface area is 137 Å². The number of aryl methyl sites for hydroxylation is 2. The number of β-amino-alcohol motifs (C(OH)–C–C–N with tert-alkyl or cyclic N) is 1. The Morgan fingerprint density at radius 2 is 2.13 bits per heavy atom. The molecule has 1 aliphatic rings. The number of aliphatic hydroxyl groups is 1. The molecule has 1 aromatic heterocycles. The van der Waals surface area contributed by atoms with E-state index in [1.165, 1.54) is 4.90 Å². The first-order valence-corrected chi connectivity index (χ1v) is 7.93. The van der Waals surface area contributed by atoms with Crippen molar-refractivity contribution >= 4 is 6.09 Å². The van der Waals surface area contributed by atoms with Crippen LogP contribution >= 0.6 is 0 Å². The van der Waals surface area contributed by atoms with Crippen LogP contribution in [0.1, 0.15) is 45.1 Å². The van der Waals surface area contributed by atoms with Crippen LogP contribution in [0, 0.1) is 6.92 Å². The average molecular weight is 324 g/mol. The molecular formula is C16H28N4O3. The molecule has 2 rings (SSSR count). The maximum Gasteiger partial charge on any atom is 0.410 e. The van der Waals surface area contributed by atoms with Gasteiger partial charge in [0.2, 0.25) is 0 Å². The summed E-state index contributed by atoms with van der Waals surface area (Å²) in [4.78, 5) is 13.4. The van der Waals surface area contributed by atoms with Crippen molar-refractivity contribution in [1.82, 2.24) is 20.0 Å². The van der Waals surface area contributed by atoms with E-state index in [0.29, 0.717) is 6.54 Å². The Balaban J connectivity index is 1.80. The minimum Gasteiger partial charge on any atom is -0.444 e. The molecule has 2 heterocycles. The van der Waals surface area contributed by atoms with Gasteiger partial charge in [0.15, 0.2) is 0 Å². The number of amides is 1. The lowest BCUT2D eigenvalue weighted by Crippen LogP contribution is -2.67. The molecule has 0 aliphatic carbocycles. The van der Waals surface area contributed by atoms with Gasteiger partial charge >= 0.3 is 6.09 Å². The van der Waals surface area contributed by atoms with Gasteiger partial charge in [0.25, 0.3) is 0 Å². The summed E-state index contributed by atoms with van der Waals surface area (Å²) in [6.45, 7) is 10.5. The Morgan fingerprint density at radius 1 is 1.52 bits per heavy atom. The largest absolute Gasteiger partial charge is 0.444 e. The minimum absolute atomic E-state index is 0.0366. The van der Waals surface area contributed by atoms with E-state index in [1.54, 1.807) is 0 Å². The fourth-order valence-electron chi connectivity index (χ4n) is 2.48. The van der Waals surface area contributed by atoms with Crippen molar-refractivity contribution in [3.05, 3.63) is 17.5 Å². The molecule has 0 radical (unpaired) electrons. The predicted octanol–water partition coefficient (Wildman–Crippen LogP) is 1.36. The molecule has 0 saturated carbocycles. The van der Waals surface area contributed by atoms with Crippen LogP contribution in [0.2, 0.25) is 0 Å². The normalized spacial score (nSPS) is 18.5. The number of nitrogens with one attached hydrogen (secondary N) is 1. The molecule has 1 unspecified atom stereocenters. The zero-order valence-electron chi connectivity index (χ0n) is 14.9. The van der Waals surface area contributed by atoms with E-state index in [1.807, 2.05) is 52.4 Å². The standard InChI is InChI=1S/C16H28N4O3/c1-11-7-13(18-19(11)6)12(2)17-8-16(22)9-20(10-16)14(21)23-15(3,4)5/h7,12,17,22H,8-10H2,1-6H3. The number of aromatic nitrogens is 2. The van der Waals surface area contributed by atoms with Crippen LogP contribution in [0.5, 0.6) is 0 Å². The second-order valence-electron chi connectivity index (χ2n) is 7.50.